The number of aryl methyl sites for hydroxylation is 6. The summed E-state index contributed by atoms with van der Waals surface area (Å²) in [6, 6.07) is 21.1. The topological polar surface area (TPSA) is 84.7 Å². The Morgan fingerprint density at radius 2 is 0.810 bits per heavy atom. The van der Waals surface area contributed by atoms with Gasteiger partial charge in [-0.3, -0.25) is 9.97 Å². The van der Waals surface area contributed by atoms with E-state index in [-0.39, 0.29) is 23.7 Å². The lowest BCUT2D eigenvalue weighted by Crippen LogP contribution is -2.23. The van der Waals surface area contributed by atoms with E-state index in [4.69, 9.17) is 19.4 Å². The molecule has 2 aromatic heterocycles. The highest BCUT2D eigenvalue weighted by atomic mass is 16.5. The van der Waals surface area contributed by atoms with Crippen LogP contribution in [0.15, 0.2) is 73.1 Å². The maximum absolute atomic E-state index is 12.3. The number of phenols is 2. The molecule has 4 aliphatic rings. The number of rotatable bonds is 10. The largest absolute Gasteiger partial charge is 0.507 e. The summed E-state index contributed by atoms with van der Waals surface area (Å²) in [7, 11) is 0. The molecular formula is C57H62N2O4. The molecule has 0 saturated carbocycles. The summed E-state index contributed by atoms with van der Waals surface area (Å²) in [6.45, 7) is 8.35. The van der Waals surface area contributed by atoms with Crippen LogP contribution in [0.5, 0.6) is 23.0 Å². The second-order valence-corrected chi connectivity index (χ2v) is 19.1. The Labute approximate surface area is 373 Å². The van der Waals surface area contributed by atoms with Gasteiger partial charge in [0.2, 0.25) is 0 Å². The van der Waals surface area contributed by atoms with Gasteiger partial charge in [0.1, 0.15) is 34.4 Å². The molecule has 6 aromatic rings. The molecule has 0 spiro atoms. The van der Waals surface area contributed by atoms with E-state index in [1.807, 2.05) is 36.4 Å². The molecule has 0 radical (unpaired) electrons. The summed E-state index contributed by atoms with van der Waals surface area (Å²) in [6.07, 6.45) is 22.0. The van der Waals surface area contributed by atoms with Crippen molar-refractivity contribution in [3.05, 3.63) is 129 Å². The summed E-state index contributed by atoms with van der Waals surface area (Å²) in [5.74, 6) is 1.81. The first-order valence-corrected chi connectivity index (χ1v) is 24.0. The standard InChI is InChI=1S/C57H62N2O4/c1-34-27-46(52-42-19-9-5-15-38(42)32-39-16-6-10-20-43(39)52)56(60)48(29-34)54-50(23-13-25-58-54)62-36(3)31-37(4)63-51-24-14-26-59-55(51)49-30-35(2)28-47(57(49)61)53-44-21-11-7-17-40(44)33-41-18-8-12-22-45(41)53/h13-14,23-30,32-33,36-37,60-61H,5-12,15-22,31H2,1-4H3/t36-,37?/m0/s1. The molecule has 0 aliphatic heterocycles. The zero-order valence-corrected chi connectivity index (χ0v) is 37.7. The van der Waals surface area contributed by atoms with Crippen molar-refractivity contribution in [2.45, 2.75) is 149 Å². The number of phenolic OH excluding ortho intramolecular Hbond substituents is 2. The van der Waals surface area contributed by atoms with Crippen molar-refractivity contribution in [1.29, 1.82) is 0 Å². The summed E-state index contributed by atoms with van der Waals surface area (Å²) in [5, 5.41) is 24.6. The van der Waals surface area contributed by atoms with Crippen molar-refractivity contribution >= 4 is 0 Å². The van der Waals surface area contributed by atoms with Gasteiger partial charge in [0.15, 0.2) is 0 Å². The molecule has 324 valence electrons. The Kier molecular flexibility index (Phi) is 11.5. The van der Waals surface area contributed by atoms with Crippen LogP contribution in [0.4, 0.5) is 0 Å². The van der Waals surface area contributed by atoms with Gasteiger partial charge in [0.25, 0.3) is 0 Å². The molecule has 63 heavy (non-hydrogen) atoms. The van der Waals surface area contributed by atoms with Crippen LogP contribution >= 0.6 is 0 Å². The summed E-state index contributed by atoms with van der Waals surface area (Å²) in [4.78, 5) is 9.70. The van der Waals surface area contributed by atoms with Gasteiger partial charge < -0.3 is 19.7 Å². The Hall–Kier alpha value is -5.62. The summed E-state index contributed by atoms with van der Waals surface area (Å²) >= 11 is 0. The highest BCUT2D eigenvalue weighted by Crippen LogP contribution is 2.49. The summed E-state index contributed by atoms with van der Waals surface area (Å²) in [5.41, 5.74) is 20.8. The Balaban J connectivity index is 0.923. The van der Waals surface area contributed by atoms with E-state index in [0.717, 1.165) is 73.6 Å². The van der Waals surface area contributed by atoms with Gasteiger partial charge >= 0.3 is 0 Å². The minimum atomic E-state index is -0.239. The third kappa shape index (κ3) is 8.00. The van der Waals surface area contributed by atoms with E-state index in [0.29, 0.717) is 40.4 Å². The molecule has 0 saturated heterocycles. The van der Waals surface area contributed by atoms with Crippen LogP contribution in [0.2, 0.25) is 0 Å². The second-order valence-electron chi connectivity index (χ2n) is 19.1. The lowest BCUT2D eigenvalue weighted by atomic mass is 9.76. The molecule has 10 rings (SSSR count). The van der Waals surface area contributed by atoms with Crippen molar-refractivity contribution in [3.8, 4) is 67.8 Å². The van der Waals surface area contributed by atoms with Gasteiger partial charge in [0, 0.05) is 41.1 Å². The number of ether oxygens (including phenoxy) is 2. The van der Waals surface area contributed by atoms with Crippen molar-refractivity contribution in [1.82, 2.24) is 9.97 Å². The molecule has 6 nitrogen and oxygen atoms in total. The maximum atomic E-state index is 12.3. The van der Waals surface area contributed by atoms with Crippen molar-refractivity contribution in [2.24, 2.45) is 0 Å². The second kappa shape index (κ2) is 17.5. The van der Waals surface area contributed by atoms with Crippen LogP contribution in [0.1, 0.15) is 127 Å². The zero-order chi connectivity index (χ0) is 43.2. The van der Waals surface area contributed by atoms with E-state index < -0.39 is 0 Å². The highest BCUT2D eigenvalue weighted by Gasteiger charge is 2.29. The first-order valence-electron chi connectivity index (χ1n) is 24.0. The fourth-order valence-corrected chi connectivity index (χ4v) is 11.6. The van der Waals surface area contributed by atoms with Gasteiger partial charge in [0.05, 0.1) is 12.2 Å². The third-order valence-electron chi connectivity index (χ3n) is 14.4. The van der Waals surface area contributed by atoms with Gasteiger partial charge in [-0.1, -0.05) is 12.1 Å². The van der Waals surface area contributed by atoms with Crippen LogP contribution in [0.3, 0.4) is 0 Å². The lowest BCUT2D eigenvalue weighted by Gasteiger charge is -2.29. The van der Waals surface area contributed by atoms with Crippen LogP contribution in [-0.2, 0) is 51.4 Å². The monoisotopic (exact) mass is 838 g/mol. The van der Waals surface area contributed by atoms with E-state index in [2.05, 4.69) is 52.0 Å². The number of fused-ring (bicyclic) bond motifs is 4. The minimum absolute atomic E-state index is 0.239. The van der Waals surface area contributed by atoms with Gasteiger partial charge in [-0.2, -0.15) is 0 Å². The smallest absolute Gasteiger partial charge is 0.146 e. The Bertz CT molecular complexity index is 2460. The third-order valence-corrected chi connectivity index (χ3v) is 14.4. The predicted molar refractivity (Wildman–Crippen MR) is 254 cm³/mol. The fraction of sp³-hybridized carbons (Fsp3) is 0.404. The number of pyridine rings is 2. The molecule has 1 unspecified atom stereocenters. The quantitative estimate of drug-likeness (QED) is 0.143. The van der Waals surface area contributed by atoms with Crippen LogP contribution in [0, 0.1) is 13.8 Å². The van der Waals surface area contributed by atoms with Crippen LogP contribution in [-0.4, -0.2) is 32.4 Å². The van der Waals surface area contributed by atoms with Crippen molar-refractivity contribution in [3.63, 3.8) is 0 Å². The molecular weight excluding hydrogens is 777 g/mol. The Morgan fingerprint density at radius 1 is 0.476 bits per heavy atom. The number of benzene rings is 4. The maximum Gasteiger partial charge on any atom is 0.146 e. The number of aromatic nitrogens is 2. The molecule has 6 heteroatoms. The van der Waals surface area contributed by atoms with Crippen LogP contribution in [0.25, 0.3) is 44.8 Å². The van der Waals surface area contributed by atoms with Crippen molar-refractivity contribution in [2.75, 3.05) is 0 Å². The first kappa shape index (κ1) is 41.4. The van der Waals surface area contributed by atoms with Crippen molar-refractivity contribution < 1.29 is 19.7 Å². The predicted octanol–water partition coefficient (Wildman–Crippen LogP) is 13.3. The fourth-order valence-electron chi connectivity index (χ4n) is 11.6. The number of hydrogen-bond donors (Lipinski definition) is 2. The molecule has 2 atom stereocenters. The van der Waals surface area contributed by atoms with Gasteiger partial charge in [-0.05, 0) is 246 Å². The number of hydrogen-bond acceptors (Lipinski definition) is 6. The molecule has 0 bridgehead atoms. The average molecular weight is 839 g/mol. The number of aromatic hydroxyl groups is 2. The van der Waals surface area contributed by atoms with Crippen LogP contribution < -0.4 is 9.47 Å². The molecule has 0 fully saturated rings. The van der Waals surface area contributed by atoms with E-state index in [1.165, 1.54) is 107 Å². The van der Waals surface area contributed by atoms with E-state index >= 15 is 0 Å². The molecule has 4 aromatic carbocycles. The molecule has 4 aliphatic carbocycles. The Morgan fingerprint density at radius 3 is 1.17 bits per heavy atom. The van der Waals surface area contributed by atoms with E-state index in [1.54, 1.807) is 12.4 Å². The minimum Gasteiger partial charge on any atom is -0.507 e. The summed E-state index contributed by atoms with van der Waals surface area (Å²) < 4.78 is 13.5. The molecule has 2 heterocycles. The first-order chi connectivity index (χ1) is 30.7. The highest BCUT2D eigenvalue weighted by molar-refractivity contribution is 5.88. The normalized spacial score (nSPS) is 16.6. The van der Waals surface area contributed by atoms with E-state index in [9.17, 15) is 10.2 Å². The molecule has 2 N–H and O–H groups in total. The van der Waals surface area contributed by atoms with Gasteiger partial charge in [-0.15, -0.1) is 0 Å². The zero-order valence-electron chi connectivity index (χ0n) is 37.7. The number of nitrogens with zero attached hydrogens (tertiary/aromatic N) is 2. The molecule has 0 amide bonds. The van der Waals surface area contributed by atoms with Gasteiger partial charge in [-0.25, -0.2) is 0 Å². The lowest BCUT2D eigenvalue weighted by molar-refractivity contribution is 0.131. The SMILES string of the molecule is Cc1cc(-c2ncccc2OC(C)C[C@H](C)Oc2cccnc2-c2cc(C)cc(-c3c4c(cc5c3CCCC5)CCCC4)c2O)c(O)c(-c2c3c(cc4c2CCCC4)CCCC3)c1. The average Bonchev–Trinajstić information content (AvgIpc) is 3.29.